The molecule has 0 bridgehead atoms. The Kier molecular flexibility index (Phi) is 10.7. The number of Topliss-reactive ketones (excluding diaryl/α,β-unsaturated/α-hetero) is 1. The molecule has 0 spiro atoms. The first kappa shape index (κ1) is 26.8. The van der Waals surface area contributed by atoms with Gasteiger partial charge in [-0.05, 0) is 29.9 Å². The number of nitrogens with zero attached hydrogens (tertiary/aromatic N) is 2. The number of carbonyl (C=O) groups excluding carboxylic acids is 1. The van der Waals surface area contributed by atoms with Gasteiger partial charge in [-0.2, -0.15) is 0 Å². The summed E-state index contributed by atoms with van der Waals surface area (Å²) in [6, 6.07) is 20.2. The second kappa shape index (κ2) is 12.7. The van der Waals surface area contributed by atoms with Crippen LogP contribution in [0.5, 0.6) is 0 Å². The van der Waals surface area contributed by atoms with E-state index in [0.29, 0.717) is 6.54 Å². The molecule has 1 atom stereocenters. The van der Waals surface area contributed by atoms with E-state index < -0.39 is 5.60 Å². The lowest BCUT2D eigenvalue weighted by Crippen LogP contribution is -2.52. The highest BCUT2D eigenvalue weighted by atomic mass is 35.5. The molecule has 6 heteroatoms. The Hall–Kier alpha value is -1.43. The standard InChI is InChI=1S/C26H34N2O2.2ClH/c29-25(21-28-18-16-27(17-19-28)20-22-10-4-1-5-11-22)26(30,23-12-6-2-7-13-23)24-14-8-3-9-15-24;;/h1-2,4-7,10-13,24,30H,3,8-9,14-21H2;2*1H. The molecular weight excluding hydrogens is 443 g/mol. The van der Waals surface area contributed by atoms with Crippen LogP contribution in [0.1, 0.15) is 43.2 Å². The van der Waals surface area contributed by atoms with Crippen LogP contribution in [0.2, 0.25) is 0 Å². The number of benzene rings is 2. The summed E-state index contributed by atoms with van der Waals surface area (Å²) < 4.78 is 0. The molecule has 1 heterocycles. The van der Waals surface area contributed by atoms with E-state index in [2.05, 4.69) is 34.1 Å². The molecule has 2 aromatic rings. The molecule has 0 amide bonds. The zero-order valence-electron chi connectivity index (χ0n) is 18.7. The number of hydrogen-bond acceptors (Lipinski definition) is 4. The minimum absolute atomic E-state index is 0. The number of aliphatic hydroxyl groups is 1. The van der Waals surface area contributed by atoms with Crippen molar-refractivity contribution in [2.75, 3.05) is 32.7 Å². The smallest absolute Gasteiger partial charge is 0.183 e. The molecule has 1 aliphatic carbocycles. The van der Waals surface area contributed by atoms with Crippen molar-refractivity contribution in [3.05, 3.63) is 71.8 Å². The fourth-order valence-electron chi connectivity index (χ4n) is 5.11. The maximum absolute atomic E-state index is 13.5. The van der Waals surface area contributed by atoms with Gasteiger partial charge >= 0.3 is 0 Å². The summed E-state index contributed by atoms with van der Waals surface area (Å²) in [5.74, 6) is -0.00220. The van der Waals surface area contributed by atoms with Crippen LogP contribution in [0, 0.1) is 5.92 Å². The van der Waals surface area contributed by atoms with Crippen molar-refractivity contribution >= 4 is 30.6 Å². The summed E-state index contributed by atoms with van der Waals surface area (Å²) in [4.78, 5) is 18.2. The number of piperazine rings is 1. The fraction of sp³-hybridized carbons (Fsp3) is 0.500. The van der Waals surface area contributed by atoms with Crippen molar-refractivity contribution in [2.45, 2.75) is 44.2 Å². The number of hydrogen-bond donors (Lipinski definition) is 1. The van der Waals surface area contributed by atoms with Gasteiger partial charge in [-0.15, -0.1) is 24.8 Å². The van der Waals surface area contributed by atoms with Gasteiger partial charge in [0.2, 0.25) is 0 Å². The van der Waals surface area contributed by atoms with E-state index in [9.17, 15) is 9.90 Å². The molecule has 32 heavy (non-hydrogen) atoms. The van der Waals surface area contributed by atoms with Crippen LogP contribution in [0.3, 0.4) is 0 Å². The van der Waals surface area contributed by atoms with Crippen LogP contribution in [-0.4, -0.2) is 53.4 Å². The van der Waals surface area contributed by atoms with Crippen LogP contribution in [-0.2, 0) is 16.9 Å². The van der Waals surface area contributed by atoms with Crippen molar-refractivity contribution in [2.24, 2.45) is 5.92 Å². The summed E-state index contributed by atoms with van der Waals surface area (Å²) in [5, 5.41) is 11.8. The number of halogens is 2. The molecule has 2 aliphatic rings. The first-order chi connectivity index (χ1) is 14.7. The minimum atomic E-state index is -1.36. The maximum Gasteiger partial charge on any atom is 0.183 e. The van der Waals surface area contributed by atoms with E-state index in [0.717, 1.165) is 64.0 Å². The first-order valence-corrected chi connectivity index (χ1v) is 11.5. The predicted molar refractivity (Wildman–Crippen MR) is 135 cm³/mol. The van der Waals surface area contributed by atoms with Gasteiger partial charge in [-0.3, -0.25) is 14.6 Å². The molecule has 2 fully saturated rings. The topological polar surface area (TPSA) is 43.8 Å². The predicted octanol–water partition coefficient (Wildman–Crippen LogP) is 4.69. The number of rotatable bonds is 7. The van der Waals surface area contributed by atoms with Gasteiger partial charge in [0, 0.05) is 32.7 Å². The van der Waals surface area contributed by atoms with E-state index in [-0.39, 0.29) is 36.5 Å². The largest absolute Gasteiger partial charge is 0.377 e. The molecule has 2 aromatic carbocycles. The van der Waals surface area contributed by atoms with Gasteiger partial charge in [0.25, 0.3) is 0 Å². The van der Waals surface area contributed by atoms with Gasteiger partial charge in [0.1, 0.15) is 0 Å². The summed E-state index contributed by atoms with van der Waals surface area (Å²) in [6.45, 7) is 4.94. The summed E-state index contributed by atoms with van der Waals surface area (Å²) in [7, 11) is 0. The van der Waals surface area contributed by atoms with Gasteiger partial charge in [-0.1, -0.05) is 79.9 Å². The third-order valence-electron chi connectivity index (χ3n) is 6.92. The van der Waals surface area contributed by atoms with Crippen molar-refractivity contribution in [1.29, 1.82) is 0 Å². The number of ketones is 1. The minimum Gasteiger partial charge on any atom is -0.377 e. The van der Waals surface area contributed by atoms with Crippen molar-refractivity contribution in [3.8, 4) is 0 Å². The lowest BCUT2D eigenvalue weighted by atomic mass is 9.71. The Bertz CT molecular complexity index is 807. The van der Waals surface area contributed by atoms with E-state index in [1.165, 1.54) is 12.0 Å². The molecule has 0 radical (unpaired) electrons. The molecule has 1 saturated carbocycles. The molecular formula is C26H36Cl2N2O2. The van der Waals surface area contributed by atoms with E-state index in [4.69, 9.17) is 0 Å². The lowest BCUT2D eigenvalue weighted by Gasteiger charge is -2.40. The molecule has 176 valence electrons. The zero-order chi connectivity index (χ0) is 20.8. The Labute approximate surface area is 204 Å². The van der Waals surface area contributed by atoms with Crippen LogP contribution in [0.15, 0.2) is 60.7 Å². The SMILES string of the molecule is Cl.Cl.O=C(CN1CCN(Cc2ccccc2)CC1)C(O)(c1ccccc1)C1CCCCC1. The Morgan fingerprint density at radius 3 is 1.94 bits per heavy atom. The highest BCUT2D eigenvalue weighted by Gasteiger charge is 2.45. The third-order valence-corrected chi connectivity index (χ3v) is 6.92. The quantitative estimate of drug-likeness (QED) is 0.626. The average Bonchev–Trinajstić information content (AvgIpc) is 2.81. The molecule has 1 unspecified atom stereocenters. The Morgan fingerprint density at radius 2 is 1.34 bits per heavy atom. The maximum atomic E-state index is 13.5. The van der Waals surface area contributed by atoms with Crippen molar-refractivity contribution < 1.29 is 9.90 Å². The summed E-state index contributed by atoms with van der Waals surface area (Å²) >= 11 is 0. The second-order valence-electron chi connectivity index (χ2n) is 8.93. The molecule has 4 rings (SSSR count). The van der Waals surface area contributed by atoms with E-state index in [1.807, 2.05) is 36.4 Å². The van der Waals surface area contributed by atoms with Crippen molar-refractivity contribution in [1.82, 2.24) is 9.80 Å². The van der Waals surface area contributed by atoms with Gasteiger partial charge in [0.05, 0.1) is 6.54 Å². The monoisotopic (exact) mass is 478 g/mol. The van der Waals surface area contributed by atoms with Crippen molar-refractivity contribution in [3.63, 3.8) is 0 Å². The molecule has 0 aromatic heterocycles. The molecule has 1 saturated heterocycles. The highest BCUT2D eigenvalue weighted by Crippen LogP contribution is 2.40. The number of carbonyl (C=O) groups is 1. The summed E-state index contributed by atoms with van der Waals surface area (Å²) in [6.07, 6.45) is 5.28. The first-order valence-electron chi connectivity index (χ1n) is 11.5. The van der Waals surface area contributed by atoms with Crippen LogP contribution in [0.25, 0.3) is 0 Å². The van der Waals surface area contributed by atoms with E-state index in [1.54, 1.807) is 0 Å². The van der Waals surface area contributed by atoms with Gasteiger partial charge in [0.15, 0.2) is 11.4 Å². The Morgan fingerprint density at radius 1 is 0.812 bits per heavy atom. The van der Waals surface area contributed by atoms with Crippen LogP contribution in [0.4, 0.5) is 0 Å². The zero-order valence-corrected chi connectivity index (χ0v) is 20.3. The lowest BCUT2D eigenvalue weighted by molar-refractivity contribution is -0.148. The second-order valence-corrected chi connectivity index (χ2v) is 8.93. The van der Waals surface area contributed by atoms with Gasteiger partial charge in [-0.25, -0.2) is 0 Å². The average molecular weight is 479 g/mol. The van der Waals surface area contributed by atoms with Gasteiger partial charge < -0.3 is 5.11 Å². The summed E-state index contributed by atoms with van der Waals surface area (Å²) in [5.41, 5.74) is 0.741. The van der Waals surface area contributed by atoms with Crippen LogP contribution < -0.4 is 0 Å². The third kappa shape index (κ3) is 6.33. The van der Waals surface area contributed by atoms with Crippen LogP contribution >= 0.6 is 24.8 Å². The highest BCUT2D eigenvalue weighted by molar-refractivity contribution is 5.90. The molecule has 1 N–H and O–H groups in total. The Balaban J connectivity index is 0.00000181. The molecule has 1 aliphatic heterocycles. The fourth-order valence-corrected chi connectivity index (χ4v) is 5.11. The normalized spacial score (nSPS) is 19.9. The molecule has 4 nitrogen and oxygen atoms in total. The van der Waals surface area contributed by atoms with E-state index >= 15 is 0 Å².